The first-order chi connectivity index (χ1) is 13.7. The minimum Gasteiger partial charge on any atom is -0.341 e. The van der Waals surface area contributed by atoms with Crippen LogP contribution in [0.2, 0.25) is 0 Å². The number of nitrogens with zero attached hydrogens (tertiary/aromatic N) is 3. The van der Waals surface area contributed by atoms with Crippen LogP contribution >= 0.6 is 11.8 Å². The van der Waals surface area contributed by atoms with Crippen LogP contribution in [0, 0.1) is 6.92 Å². The molecule has 1 fully saturated rings. The molecular formula is C22H23N3O2S. The lowest BCUT2D eigenvalue weighted by molar-refractivity contribution is -0.129. The van der Waals surface area contributed by atoms with Crippen LogP contribution in [0.5, 0.6) is 0 Å². The number of aryl methyl sites for hydroxylation is 1. The quantitative estimate of drug-likeness (QED) is 0.585. The van der Waals surface area contributed by atoms with E-state index in [0.29, 0.717) is 31.2 Å². The van der Waals surface area contributed by atoms with Gasteiger partial charge in [-0.1, -0.05) is 53.7 Å². The largest absolute Gasteiger partial charge is 0.341 e. The third kappa shape index (κ3) is 4.28. The molecule has 0 saturated carbocycles. The van der Waals surface area contributed by atoms with Crippen LogP contribution in [0.1, 0.15) is 35.5 Å². The standard InChI is InChI=1S/C22H23N3O2S/c1-16-23-22(27-24-16)20-15-25(14-19(20)17-8-4-2-5-9-17)21(26)12-13-28-18-10-6-3-7-11-18/h2-11,19-20H,12-15H2,1H3/t19-,20+/m0/s1. The number of hydrogen-bond acceptors (Lipinski definition) is 5. The van der Waals surface area contributed by atoms with Crippen molar-refractivity contribution in [1.29, 1.82) is 0 Å². The first-order valence-electron chi connectivity index (χ1n) is 9.51. The van der Waals surface area contributed by atoms with Gasteiger partial charge in [-0.3, -0.25) is 4.79 Å². The molecule has 28 heavy (non-hydrogen) atoms. The van der Waals surface area contributed by atoms with Gasteiger partial charge in [-0.15, -0.1) is 11.8 Å². The fraction of sp³-hybridized carbons (Fsp3) is 0.318. The normalized spacial score (nSPS) is 19.1. The molecule has 1 aliphatic heterocycles. The summed E-state index contributed by atoms with van der Waals surface area (Å²) in [5, 5.41) is 3.95. The minimum absolute atomic E-state index is 0.0364. The Morgan fingerprint density at radius 1 is 1.07 bits per heavy atom. The molecule has 0 radical (unpaired) electrons. The lowest BCUT2D eigenvalue weighted by Crippen LogP contribution is -2.29. The van der Waals surface area contributed by atoms with Gasteiger partial charge in [0, 0.05) is 36.1 Å². The zero-order valence-electron chi connectivity index (χ0n) is 15.8. The average Bonchev–Trinajstić information content (AvgIpc) is 3.36. The zero-order chi connectivity index (χ0) is 19.3. The van der Waals surface area contributed by atoms with E-state index in [9.17, 15) is 4.79 Å². The first-order valence-corrected chi connectivity index (χ1v) is 10.5. The number of hydrogen-bond donors (Lipinski definition) is 0. The van der Waals surface area contributed by atoms with Gasteiger partial charge >= 0.3 is 0 Å². The van der Waals surface area contributed by atoms with Crippen LogP contribution in [0.4, 0.5) is 0 Å². The van der Waals surface area contributed by atoms with E-state index in [-0.39, 0.29) is 17.7 Å². The predicted octanol–water partition coefficient (Wildman–Crippen LogP) is 4.27. The Morgan fingerprint density at radius 3 is 2.43 bits per heavy atom. The third-order valence-corrected chi connectivity index (χ3v) is 6.10. The molecule has 0 N–H and O–H groups in total. The highest BCUT2D eigenvalue weighted by Gasteiger charge is 2.39. The molecule has 0 spiro atoms. The fourth-order valence-electron chi connectivity index (χ4n) is 3.69. The van der Waals surface area contributed by atoms with E-state index in [4.69, 9.17) is 4.52 Å². The second kappa shape index (κ2) is 8.61. The molecule has 1 saturated heterocycles. The Morgan fingerprint density at radius 2 is 1.75 bits per heavy atom. The molecule has 0 bridgehead atoms. The highest BCUT2D eigenvalue weighted by Crippen LogP contribution is 2.39. The summed E-state index contributed by atoms with van der Waals surface area (Å²) in [4.78, 5) is 20.4. The van der Waals surface area contributed by atoms with Crippen molar-refractivity contribution in [2.75, 3.05) is 18.8 Å². The van der Waals surface area contributed by atoms with Gasteiger partial charge in [0.2, 0.25) is 11.8 Å². The zero-order valence-corrected chi connectivity index (χ0v) is 16.6. The van der Waals surface area contributed by atoms with Crippen molar-refractivity contribution in [2.24, 2.45) is 0 Å². The van der Waals surface area contributed by atoms with Gasteiger partial charge in [0.15, 0.2) is 5.82 Å². The highest BCUT2D eigenvalue weighted by atomic mass is 32.2. The van der Waals surface area contributed by atoms with E-state index in [1.807, 2.05) is 48.2 Å². The van der Waals surface area contributed by atoms with E-state index in [2.05, 4.69) is 34.4 Å². The van der Waals surface area contributed by atoms with Crippen LogP contribution in [0.25, 0.3) is 0 Å². The summed E-state index contributed by atoms with van der Waals surface area (Å²) >= 11 is 1.72. The highest BCUT2D eigenvalue weighted by molar-refractivity contribution is 7.99. The maximum absolute atomic E-state index is 12.8. The summed E-state index contributed by atoms with van der Waals surface area (Å²) in [6, 6.07) is 20.5. The van der Waals surface area contributed by atoms with Gasteiger partial charge in [-0.2, -0.15) is 4.98 Å². The third-order valence-electron chi connectivity index (χ3n) is 5.09. The number of thioether (sulfide) groups is 1. The number of benzene rings is 2. The summed E-state index contributed by atoms with van der Waals surface area (Å²) in [6.45, 7) is 3.13. The molecule has 5 nitrogen and oxygen atoms in total. The molecule has 2 atom stereocenters. The number of amides is 1. The molecule has 1 aromatic heterocycles. The number of aromatic nitrogens is 2. The molecule has 3 aromatic rings. The average molecular weight is 394 g/mol. The van der Waals surface area contributed by atoms with Gasteiger partial charge in [-0.05, 0) is 24.6 Å². The molecular weight excluding hydrogens is 370 g/mol. The van der Waals surface area contributed by atoms with Crippen molar-refractivity contribution < 1.29 is 9.32 Å². The summed E-state index contributed by atoms with van der Waals surface area (Å²) in [5.41, 5.74) is 1.21. The number of carbonyl (C=O) groups is 1. The molecule has 1 aliphatic rings. The Bertz CT molecular complexity index is 914. The topological polar surface area (TPSA) is 59.2 Å². The van der Waals surface area contributed by atoms with Gasteiger partial charge in [0.1, 0.15) is 0 Å². The molecule has 144 valence electrons. The summed E-state index contributed by atoms with van der Waals surface area (Å²) in [7, 11) is 0. The van der Waals surface area contributed by atoms with Crippen molar-refractivity contribution in [3.05, 3.63) is 77.9 Å². The molecule has 4 rings (SSSR count). The maximum Gasteiger partial charge on any atom is 0.232 e. The van der Waals surface area contributed by atoms with Crippen LogP contribution in [0.15, 0.2) is 70.1 Å². The van der Waals surface area contributed by atoms with Crippen LogP contribution in [0.3, 0.4) is 0 Å². The van der Waals surface area contributed by atoms with Gasteiger partial charge < -0.3 is 9.42 Å². The van der Waals surface area contributed by atoms with Gasteiger partial charge in [0.25, 0.3) is 0 Å². The van der Waals surface area contributed by atoms with Crippen molar-refractivity contribution >= 4 is 17.7 Å². The smallest absolute Gasteiger partial charge is 0.232 e. The van der Waals surface area contributed by atoms with E-state index in [0.717, 1.165) is 5.75 Å². The minimum atomic E-state index is 0.0364. The molecule has 0 unspecified atom stereocenters. The monoisotopic (exact) mass is 393 g/mol. The van der Waals surface area contributed by atoms with E-state index >= 15 is 0 Å². The first kappa shape index (κ1) is 18.7. The number of likely N-dealkylation sites (tertiary alicyclic amines) is 1. The Balaban J connectivity index is 1.44. The Hall–Kier alpha value is -2.60. The Kier molecular flexibility index (Phi) is 5.76. The number of carbonyl (C=O) groups excluding carboxylic acids is 1. The molecule has 0 aliphatic carbocycles. The van der Waals surface area contributed by atoms with Crippen molar-refractivity contribution in [3.8, 4) is 0 Å². The lowest BCUT2D eigenvalue weighted by atomic mass is 9.89. The second-order valence-electron chi connectivity index (χ2n) is 7.01. The SMILES string of the molecule is Cc1noc([C@@H]2CN(C(=O)CCSc3ccccc3)C[C@H]2c2ccccc2)n1. The van der Waals surface area contributed by atoms with Crippen molar-refractivity contribution in [3.63, 3.8) is 0 Å². The van der Waals surface area contributed by atoms with E-state index in [1.165, 1.54) is 10.5 Å². The van der Waals surface area contributed by atoms with Crippen molar-refractivity contribution in [1.82, 2.24) is 15.0 Å². The number of rotatable bonds is 6. The lowest BCUT2D eigenvalue weighted by Gasteiger charge is -2.16. The summed E-state index contributed by atoms with van der Waals surface area (Å²) in [5.74, 6) is 2.43. The summed E-state index contributed by atoms with van der Waals surface area (Å²) < 4.78 is 5.46. The molecule has 6 heteroatoms. The molecule has 2 aromatic carbocycles. The van der Waals surface area contributed by atoms with Gasteiger partial charge in [0.05, 0.1) is 5.92 Å². The van der Waals surface area contributed by atoms with Crippen molar-refractivity contribution in [2.45, 2.75) is 30.1 Å². The van der Waals surface area contributed by atoms with Crippen LogP contribution in [-0.2, 0) is 4.79 Å². The fourth-order valence-corrected chi connectivity index (χ4v) is 4.55. The summed E-state index contributed by atoms with van der Waals surface area (Å²) in [6.07, 6.45) is 0.524. The maximum atomic E-state index is 12.8. The van der Waals surface area contributed by atoms with E-state index < -0.39 is 0 Å². The second-order valence-corrected chi connectivity index (χ2v) is 8.18. The van der Waals surface area contributed by atoms with Gasteiger partial charge in [-0.25, -0.2) is 0 Å². The molecule has 1 amide bonds. The predicted molar refractivity (Wildman–Crippen MR) is 109 cm³/mol. The van der Waals surface area contributed by atoms with E-state index in [1.54, 1.807) is 11.8 Å². The van der Waals surface area contributed by atoms with Crippen LogP contribution in [-0.4, -0.2) is 39.8 Å². The molecule has 2 heterocycles. The Labute approximate surface area is 169 Å². The van der Waals surface area contributed by atoms with Crippen LogP contribution < -0.4 is 0 Å².